The first-order chi connectivity index (χ1) is 24.4. The number of aromatic nitrogens is 4. The second-order valence-corrected chi connectivity index (χ2v) is 16.8. The van der Waals surface area contributed by atoms with Crippen LogP contribution < -0.4 is 14.4 Å². The van der Waals surface area contributed by atoms with Crippen molar-refractivity contribution >= 4 is 27.7 Å². The molecule has 1 saturated heterocycles. The van der Waals surface area contributed by atoms with Crippen LogP contribution in [0.2, 0.25) is 0 Å². The van der Waals surface area contributed by atoms with Gasteiger partial charge in [0.2, 0.25) is 11.8 Å². The molecule has 1 aliphatic carbocycles. The van der Waals surface area contributed by atoms with Gasteiger partial charge in [-0.25, -0.2) is 23.1 Å². The smallest absolute Gasteiger partial charge is 0.264 e. The molecule has 2 aromatic heterocycles. The van der Waals surface area contributed by atoms with E-state index in [9.17, 15) is 13.2 Å². The number of nitrogens with one attached hydrogen (secondary N) is 1. The van der Waals surface area contributed by atoms with E-state index in [1.165, 1.54) is 12.1 Å². The predicted molar refractivity (Wildman–Crippen MR) is 197 cm³/mol. The maximum absolute atomic E-state index is 14.7. The van der Waals surface area contributed by atoms with Crippen LogP contribution in [0, 0.1) is 25.2 Å². The fourth-order valence-corrected chi connectivity index (χ4v) is 8.94. The van der Waals surface area contributed by atoms with Crippen molar-refractivity contribution < 1.29 is 17.9 Å². The first-order valence-electron chi connectivity index (χ1n) is 18.0. The molecule has 2 aliphatic heterocycles. The molecule has 7 rings (SSSR count). The lowest BCUT2D eigenvalue weighted by Crippen LogP contribution is -2.47. The number of hydrogen-bond donors (Lipinski definition) is 1. The van der Waals surface area contributed by atoms with E-state index in [4.69, 9.17) is 9.72 Å². The molecule has 11 nitrogen and oxygen atoms in total. The number of benzene rings is 2. The molecule has 4 bridgehead atoms. The molecule has 2 fully saturated rings. The summed E-state index contributed by atoms with van der Waals surface area (Å²) >= 11 is 0. The summed E-state index contributed by atoms with van der Waals surface area (Å²) in [6.07, 6.45) is 9.68. The molecular weight excluding hydrogens is 663 g/mol. The summed E-state index contributed by atoms with van der Waals surface area (Å²) in [4.78, 5) is 37.6. The second-order valence-electron chi connectivity index (χ2n) is 15.1. The van der Waals surface area contributed by atoms with Gasteiger partial charge in [0.25, 0.3) is 15.9 Å². The molecule has 1 saturated carbocycles. The van der Waals surface area contributed by atoms with Gasteiger partial charge < -0.3 is 14.5 Å². The summed E-state index contributed by atoms with van der Waals surface area (Å²) < 4.78 is 36.6. The molecule has 268 valence electrons. The van der Waals surface area contributed by atoms with Gasteiger partial charge >= 0.3 is 0 Å². The normalized spacial score (nSPS) is 21.2. The lowest BCUT2D eigenvalue weighted by atomic mass is 9.67. The summed E-state index contributed by atoms with van der Waals surface area (Å²) in [7, 11) is -4.17. The van der Waals surface area contributed by atoms with Crippen LogP contribution in [0.15, 0.2) is 65.8 Å². The van der Waals surface area contributed by atoms with Gasteiger partial charge in [-0.2, -0.15) is 4.98 Å². The van der Waals surface area contributed by atoms with E-state index >= 15 is 0 Å². The number of ether oxygens (including phenoxy) is 1. The van der Waals surface area contributed by atoms with Crippen LogP contribution in [0.25, 0.3) is 11.3 Å². The highest BCUT2D eigenvalue weighted by Gasteiger charge is 2.39. The molecule has 51 heavy (non-hydrogen) atoms. The number of amides is 1. The van der Waals surface area contributed by atoms with Crippen LogP contribution in [-0.4, -0.2) is 64.4 Å². The molecule has 4 heterocycles. The molecule has 2 aromatic carbocycles. The van der Waals surface area contributed by atoms with E-state index in [0.717, 1.165) is 61.2 Å². The number of carbonyl (C=O) groups excluding carboxylic acids is 1. The molecule has 2 atom stereocenters. The largest absolute Gasteiger partial charge is 0.475 e. The minimum Gasteiger partial charge on any atom is -0.475 e. The van der Waals surface area contributed by atoms with Gasteiger partial charge in [0.05, 0.1) is 41.3 Å². The molecule has 4 aromatic rings. The average molecular weight is 710 g/mol. The van der Waals surface area contributed by atoms with Crippen molar-refractivity contribution in [1.82, 2.24) is 24.8 Å². The van der Waals surface area contributed by atoms with Gasteiger partial charge in [-0.3, -0.25) is 9.78 Å². The van der Waals surface area contributed by atoms with E-state index in [1.807, 2.05) is 38.2 Å². The molecule has 0 spiro atoms. The number of fused-ring (bicyclic) bond motifs is 4. The maximum atomic E-state index is 14.7. The second kappa shape index (κ2) is 13.9. The van der Waals surface area contributed by atoms with Crippen LogP contribution in [-0.2, 0) is 16.6 Å². The van der Waals surface area contributed by atoms with Gasteiger partial charge in [0, 0.05) is 29.8 Å². The first-order valence-corrected chi connectivity index (χ1v) is 19.5. The van der Waals surface area contributed by atoms with Gasteiger partial charge in [0.15, 0.2) is 0 Å². The van der Waals surface area contributed by atoms with Crippen molar-refractivity contribution in [3.8, 4) is 17.1 Å². The van der Waals surface area contributed by atoms with Gasteiger partial charge in [-0.1, -0.05) is 51.5 Å². The minimum atomic E-state index is -4.17. The highest BCUT2D eigenvalue weighted by molar-refractivity contribution is 7.92. The third-order valence-corrected chi connectivity index (χ3v) is 12.2. The standard InChI is InChI=1S/C39H47N7O4S/c1-25(2)33-14-8-17-45(33)34-22-40-21-29(41-34)23-46-30(20-39(5)15-9-16-39)24-50-35-19-32(36-26(3)10-6-11-27(36)4)42-38(43-35)44-51(48,49)31-13-7-12-28(18-31)37(46)47/h6-7,10-13,18-19,21-22,25,30,33H,8-9,14-17,20,23-24H2,1-5H3,(H,42,43,44)/t30-,33+/m1/s1. The fraction of sp³-hybridized carbons (Fsp3) is 0.462. The zero-order chi connectivity index (χ0) is 35.9. The Balaban J connectivity index is 1.33. The summed E-state index contributed by atoms with van der Waals surface area (Å²) in [5.41, 5.74) is 4.35. The summed E-state index contributed by atoms with van der Waals surface area (Å²) in [5, 5.41) is 0. The third-order valence-electron chi connectivity index (χ3n) is 10.8. The lowest BCUT2D eigenvalue weighted by Gasteiger charge is -2.43. The Bertz CT molecular complexity index is 2030. The quantitative estimate of drug-likeness (QED) is 0.216. The van der Waals surface area contributed by atoms with Crippen molar-refractivity contribution in [2.45, 2.75) is 96.7 Å². The summed E-state index contributed by atoms with van der Waals surface area (Å²) in [6.45, 7) is 12.0. The summed E-state index contributed by atoms with van der Waals surface area (Å²) in [5.74, 6) is 1.10. The number of rotatable bonds is 7. The lowest BCUT2D eigenvalue weighted by molar-refractivity contribution is 0.0349. The maximum Gasteiger partial charge on any atom is 0.264 e. The average Bonchev–Trinajstić information content (AvgIpc) is 3.59. The predicted octanol–water partition coefficient (Wildman–Crippen LogP) is 6.96. The number of hydrogen-bond acceptors (Lipinski definition) is 9. The molecule has 1 N–H and O–H groups in total. The Morgan fingerprint density at radius 1 is 1.00 bits per heavy atom. The SMILES string of the molecule is Cc1cccc(C)c1-c1cc2nc(n1)NS(=O)(=O)c1cccc(c1)C(=O)N(Cc1cncc(N3CCC[C@H]3C(C)C)n1)[C@H](CC1(C)CCC1)CO2. The van der Waals surface area contributed by atoms with E-state index in [-0.39, 0.29) is 52.8 Å². The minimum absolute atomic E-state index is 0.0288. The van der Waals surface area contributed by atoms with Crippen molar-refractivity contribution in [3.05, 3.63) is 83.3 Å². The number of carbonyl (C=O) groups is 1. The van der Waals surface area contributed by atoms with E-state index in [0.29, 0.717) is 29.8 Å². The molecule has 12 heteroatoms. The monoisotopic (exact) mass is 709 g/mol. The Hall–Kier alpha value is -4.58. The Morgan fingerprint density at radius 3 is 2.49 bits per heavy atom. The molecule has 1 amide bonds. The zero-order valence-corrected chi connectivity index (χ0v) is 30.9. The Morgan fingerprint density at radius 2 is 1.76 bits per heavy atom. The van der Waals surface area contributed by atoms with Crippen molar-refractivity contribution in [1.29, 1.82) is 0 Å². The number of sulfonamides is 1. The topological polar surface area (TPSA) is 131 Å². The van der Waals surface area contributed by atoms with Crippen LogP contribution >= 0.6 is 0 Å². The van der Waals surface area contributed by atoms with Crippen LogP contribution in [0.4, 0.5) is 11.8 Å². The number of aryl methyl sites for hydroxylation is 2. The Labute approximate surface area is 301 Å². The van der Waals surface area contributed by atoms with E-state index in [2.05, 4.69) is 45.3 Å². The van der Waals surface area contributed by atoms with Gasteiger partial charge in [-0.15, -0.1) is 0 Å². The van der Waals surface area contributed by atoms with Crippen molar-refractivity contribution in [3.63, 3.8) is 0 Å². The molecule has 3 aliphatic rings. The van der Waals surface area contributed by atoms with Gasteiger partial charge in [0.1, 0.15) is 12.4 Å². The third kappa shape index (κ3) is 7.28. The van der Waals surface area contributed by atoms with Crippen LogP contribution in [0.5, 0.6) is 5.88 Å². The Kier molecular flexibility index (Phi) is 9.47. The summed E-state index contributed by atoms with van der Waals surface area (Å²) in [6, 6.07) is 13.9. The first kappa shape index (κ1) is 34.9. The van der Waals surface area contributed by atoms with Gasteiger partial charge in [-0.05, 0) is 86.6 Å². The number of anilines is 2. The molecular formula is C39H47N7O4S. The fourth-order valence-electron chi connectivity index (χ4n) is 7.95. The highest BCUT2D eigenvalue weighted by Crippen LogP contribution is 2.45. The molecule has 0 radical (unpaired) electrons. The van der Waals surface area contributed by atoms with Crippen molar-refractivity contribution in [2.75, 3.05) is 22.8 Å². The van der Waals surface area contributed by atoms with Crippen molar-refractivity contribution in [2.24, 2.45) is 11.3 Å². The van der Waals surface area contributed by atoms with E-state index in [1.54, 1.807) is 29.3 Å². The number of nitrogens with zero attached hydrogens (tertiary/aromatic N) is 6. The van der Waals surface area contributed by atoms with Crippen LogP contribution in [0.3, 0.4) is 0 Å². The zero-order valence-electron chi connectivity index (χ0n) is 30.1. The highest BCUT2D eigenvalue weighted by atomic mass is 32.2. The van der Waals surface area contributed by atoms with E-state index < -0.39 is 10.0 Å². The molecule has 0 unspecified atom stereocenters. The van der Waals surface area contributed by atoms with Crippen LogP contribution in [0.1, 0.15) is 86.5 Å².